The van der Waals surface area contributed by atoms with E-state index in [1.54, 1.807) is 22.7 Å². The highest BCUT2D eigenvalue weighted by Gasteiger charge is 2.48. The molecule has 0 aromatic carbocycles. The molecule has 4 heteroatoms. The normalized spacial score (nSPS) is 29.5. The Bertz CT molecular complexity index is 612. The minimum Gasteiger partial charge on any atom is -0.379 e. The van der Waals surface area contributed by atoms with Crippen molar-refractivity contribution in [2.75, 3.05) is 14.1 Å². The van der Waals surface area contributed by atoms with Gasteiger partial charge in [-0.3, -0.25) is 0 Å². The van der Waals surface area contributed by atoms with Gasteiger partial charge in [0.2, 0.25) is 0 Å². The Morgan fingerprint density at radius 2 is 1.58 bits per heavy atom. The van der Waals surface area contributed by atoms with Crippen molar-refractivity contribution in [3.8, 4) is 0 Å². The molecule has 2 aromatic heterocycles. The molecule has 0 radical (unpaired) electrons. The molecule has 24 heavy (non-hydrogen) atoms. The average Bonchev–Trinajstić information content (AvgIpc) is 3.22. The Kier molecular flexibility index (Phi) is 4.36. The molecule has 2 saturated heterocycles. The van der Waals surface area contributed by atoms with Crippen LogP contribution in [-0.2, 0) is 5.60 Å². The second-order valence-electron chi connectivity index (χ2n) is 8.22. The fourth-order valence-electron chi connectivity index (χ4n) is 5.13. The largest absolute Gasteiger partial charge is 0.379 e. The molecule has 2 fully saturated rings. The van der Waals surface area contributed by atoms with Crippen LogP contribution in [0.3, 0.4) is 0 Å². The van der Waals surface area contributed by atoms with Gasteiger partial charge in [0.25, 0.3) is 0 Å². The zero-order chi connectivity index (χ0) is 16.8. The molecule has 4 heterocycles. The molecule has 1 N–H and O–H groups in total. The van der Waals surface area contributed by atoms with Crippen LogP contribution in [0.4, 0.5) is 0 Å². The zero-order valence-electron chi connectivity index (χ0n) is 14.6. The molecule has 4 rings (SSSR count). The number of quaternary nitrogens is 1. The maximum atomic E-state index is 11.7. The molecule has 130 valence electrons. The Morgan fingerprint density at radius 3 is 2.04 bits per heavy atom. The Labute approximate surface area is 153 Å². The van der Waals surface area contributed by atoms with Crippen LogP contribution in [-0.4, -0.2) is 35.8 Å². The van der Waals surface area contributed by atoms with Crippen molar-refractivity contribution in [3.63, 3.8) is 0 Å². The predicted octanol–water partition coefficient (Wildman–Crippen LogP) is 4.84. The Balaban J connectivity index is 1.61. The molecule has 0 spiro atoms. The summed E-state index contributed by atoms with van der Waals surface area (Å²) in [6.45, 7) is 0. The lowest BCUT2D eigenvalue weighted by Crippen LogP contribution is -2.62. The molecule has 2 bridgehead atoms. The fourth-order valence-corrected chi connectivity index (χ4v) is 6.90. The van der Waals surface area contributed by atoms with Gasteiger partial charge in [-0.25, -0.2) is 0 Å². The molecule has 2 aromatic rings. The van der Waals surface area contributed by atoms with Gasteiger partial charge in [0.1, 0.15) is 5.60 Å². The lowest BCUT2D eigenvalue weighted by Gasteiger charge is -2.54. The van der Waals surface area contributed by atoms with Gasteiger partial charge in [0, 0.05) is 22.6 Å². The van der Waals surface area contributed by atoms with Gasteiger partial charge in [-0.15, -0.1) is 22.7 Å². The van der Waals surface area contributed by atoms with Crippen molar-refractivity contribution >= 4 is 22.7 Å². The van der Waals surface area contributed by atoms with Crippen LogP contribution >= 0.6 is 22.7 Å². The molecule has 0 saturated carbocycles. The number of fused-ring (bicyclic) bond motifs is 2. The van der Waals surface area contributed by atoms with Gasteiger partial charge in [-0.2, -0.15) is 0 Å². The van der Waals surface area contributed by atoms with Crippen molar-refractivity contribution in [2.45, 2.75) is 56.2 Å². The lowest BCUT2D eigenvalue weighted by molar-refractivity contribution is -0.950. The molecular formula is C20H28NOS2+. The topological polar surface area (TPSA) is 20.2 Å². The maximum Gasteiger partial charge on any atom is 0.133 e. The molecule has 3 atom stereocenters. The first kappa shape index (κ1) is 16.8. The van der Waals surface area contributed by atoms with Crippen molar-refractivity contribution in [1.82, 2.24) is 0 Å². The van der Waals surface area contributed by atoms with Crippen LogP contribution in [0.15, 0.2) is 35.0 Å². The zero-order valence-corrected chi connectivity index (χ0v) is 16.3. The van der Waals surface area contributed by atoms with E-state index in [0.29, 0.717) is 5.92 Å². The minimum atomic E-state index is -0.796. The van der Waals surface area contributed by atoms with Crippen LogP contribution in [0, 0.1) is 5.92 Å². The third kappa shape index (κ3) is 2.78. The van der Waals surface area contributed by atoms with Crippen LogP contribution in [0.25, 0.3) is 0 Å². The summed E-state index contributed by atoms with van der Waals surface area (Å²) in [6, 6.07) is 9.89. The standard InChI is InChI=1S/C20H28NOS2/c1-21(2)16-6-3-7-17(21)13-15(12-16)14-20(22,18-8-4-10-23-18)19-9-5-11-24-19/h4-5,8-11,15-17,22H,3,6-7,12-14H2,1-2H3/q+1/t15?,16-,17+. The molecular weight excluding hydrogens is 334 g/mol. The number of piperidine rings is 2. The van der Waals surface area contributed by atoms with E-state index < -0.39 is 5.60 Å². The second kappa shape index (κ2) is 6.24. The van der Waals surface area contributed by atoms with E-state index in [1.165, 1.54) is 36.6 Å². The van der Waals surface area contributed by atoms with E-state index in [9.17, 15) is 5.11 Å². The summed E-state index contributed by atoms with van der Waals surface area (Å²) in [5.41, 5.74) is -0.796. The second-order valence-corrected chi connectivity index (χ2v) is 10.1. The van der Waals surface area contributed by atoms with Gasteiger partial charge in [-0.1, -0.05) is 12.1 Å². The molecule has 0 amide bonds. The Hall–Kier alpha value is -0.680. The van der Waals surface area contributed by atoms with Gasteiger partial charge in [-0.05, 0) is 54.5 Å². The maximum absolute atomic E-state index is 11.7. The summed E-state index contributed by atoms with van der Waals surface area (Å²) in [7, 11) is 4.85. The first-order valence-corrected chi connectivity index (χ1v) is 10.9. The number of rotatable bonds is 4. The van der Waals surface area contributed by atoms with Crippen molar-refractivity contribution in [1.29, 1.82) is 0 Å². The highest BCUT2D eigenvalue weighted by atomic mass is 32.1. The number of hydrogen-bond donors (Lipinski definition) is 1. The third-order valence-electron chi connectivity index (χ3n) is 6.61. The third-order valence-corrected chi connectivity index (χ3v) is 8.65. The molecule has 2 aliphatic rings. The smallest absolute Gasteiger partial charge is 0.133 e. The van der Waals surface area contributed by atoms with E-state index in [-0.39, 0.29) is 0 Å². The Morgan fingerprint density at radius 1 is 1.04 bits per heavy atom. The number of aliphatic hydroxyl groups is 1. The van der Waals surface area contributed by atoms with Crippen molar-refractivity contribution in [2.24, 2.45) is 5.92 Å². The van der Waals surface area contributed by atoms with E-state index in [1.807, 2.05) is 0 Å². The molecule has 0 aliphatic carbocycles. The SMILES string of the molecule is C[N+]1(C)[C@@H]2CCC[C@H]1CC(CC(O)(c1cccs1)c1cccs1)C2. The van der Waals surface area contributed by atoms with Crippen LogP contribution in [0.1, 0.15) is 48.3 Å². The first-order chi connectivity index (χ1) is 11.5. The van der Waals surface area contributed by atoms with Gasteiger partial charge >= 0.3 is 0 Å². The van der Waals surface area contributed by atoms with E-state index in [4.69, 9.17) is 0 Å². The summed E-state index contributed by atoms with van der Waals surface area (Å²) >= 11 is 3.38. The molecule has 2 aliphatic heterocycles. The average molecular weight is 363 g/mol. The number of nitrogens with zero attached hydrogens (tertiary/aromatic N) is 1. The van der Waals surface area contributed by atoms with Crippen LogP contribution in [0.2, 0.25) is 0 Å². The van der Waals surface area contributed by atoms with Crippen LogP contribution in [0.5, 0.6) is 0 Å². The van der Waals surface area contributed by atoms with Crippen molar-refractivity contribution < 1.29 is 9.59 Å². The summed E-state index contributed by atoms with van der Waals surface area (Å²) < 4.78 is 1.20. The highest BCUT2D eigenvalue weighted by Crippen LogP contribution is 2.47. The summed E-state index contributed by atoms with van der Waals surface area (Å²) in [6.07, 6.45) is 7.52. The summed E-state index contributed by atoms with van der Waals surface area (Å²) in [5.74, 6) is 0.626. The molecule has 2 nitrogen and oxygen atoms in total. The fraction of sp³-hybridized carbons (Fsp3) is 0.600. The minimum absolute atomic E-state index is 0.626. The number of hydrogen-bond acceptors (Lipinski definition) is 3. The highest BCUT2D eigenvalue weighted by molar-refractivity contribution is 7.11. The van der Waals surface area contributed by atoms with E-state index >= 15 is 0 Å². The quantitative estimate of drug-likeness (QED) is 0.771. The summed E-state index contributed by atoms with van der Waals surface area (Å²) in [4.78, 5) is 2.21. The first-order valence-electron chi connectivity index (χ1n) is 9.14. The van der Waals surface area contributed by atoms with Gasteiger partial charge < -0.3 is 9.59 Å². The monoisotopic (exact) mass is 362 g/mol. The van der Waals surface area contributed by atoms with Crippen LogP contribution < -0.4 is 0 Å². The summed E-state index contributed by atoms with van der Waals surface area (Å²) in [5, 5.41) is 15.9. The van der Waals surface area contributed by atoms with Crippen molar-refractivity contribution in [3.05, 3.63) is 44.8 Å². The van der Waals surface area contributed by atoms with Gasteiger partial charge in [0.05, 0.1) is 26.2 Å². The number of thiophene rings is 2. The van der Waals surface area contributed by atoms with E-state index in [2.05, 4.69) is 49.1 Å². The lowest BCUT2D eigenvalue weighted by atomic mass is 9.72. The van der Waals surface area contributed by atoms with Gasteiger partial charge in [0.15, 0.2) is 0 Å². The predicted molar refractivity (Wildman–Crippen MR) is 103 cm³/mol. The molecule has 1 unspecified atom stereocenters. The van der Waals surface area contributed by atoms with E-state index in [0.717, 1.165) is 28.3 Å².